The maximum absolute atomic E-state index is 11.7. The van der Waals surface area contributed by atoms with Crippen molar-refractivity contribution in [2.45, 2.75) is 71.4 Å². The molecule has 0 heterocycles. The van der Waals surface area contributed by atoms with Crippen LogP contribution in [0.15, 0.2) is 0 Å². The van der Waals surface area contributed by atoms with E-state index < -0.39 is 0 Å². The van der Waals surface area contributed by atoms with Crippen molar-refractivity contribution in [1.82, 2.24) is 5.32 Å². The molecule has 1 rings (SSSR count). The van der Waals surface area contributed by atoms with Crippen molar-refractivity contribution >= 4 is 5.91 Å². The molecule has 1 unspecified atom stereocenters. The zero-order chi connectivity index (χ0) is 12.9. The number of rotatable bonds is 4. The lowest BCUT2D eigenvalue weighted by Gasteiger charge is -2.28. The molecule has 1 aliphatic rings. The van der Waals surface area contributed by atoms with Gasteiger partial charge in [-0.15, -0.1) is 0 Å². The van der Waals surface area contributed by atoms with Crippen LogP contribution < -0.4 is 5.32 Å². The van der Waals surface area contributed by atoms with Gasteiger partial charge in [0.1, 0.15) is 6.61 Å². The summed E-state index contributed by atoms with van der Waals surface area (Å²) in [6, 6.07) is 0.284. The molecule has 0 radical (unpaired) electrons. The van der Waals surface area contributed by atoms with Gasteiger partial charge in [0, 0.05) is 6.04 Å². The molecule has 1 N–H and O–H groups in total. The molecule has 3 nitrogen and oxygen atoms in total. The average molecular weight is 241 g/mol. The van der Waals surface area contributed by atoms with E-state index in [1.54, 1.807) is 0 Å². The van der Waals surface area contributed by atoms with Gasteiger partial charge in [-0.1, -0.05) is 19.3 Å². The Balaban J connectivity index is 2.25. The van der Waals surface area contributed by atoms with Gasteiger partial charge in [0.25, 0.3) is 0 Å². The van der Waals surface area contributed by atoms with E-state index in [2.05, 4.69) is 12.2 Å². The molecular formula is C14H27NO2. The Kier molecular flexibility index (Phi) is 5.44. The first-order chi connectivity index (χ1) is 7.88. The predicted octanol–water partition coefficient (Wildman–Crippen LogP) is 2.89. The van der Waals surface area contributed by atoms with E-state index in [0.29, 0.717) is 5.92 Å². The molecule has 17 heavy (non-hydrogen) atoms. The summed E-state index contributed by atoms with van der Waals surface area (Å²) in [7, 11) is 0. The second-order valence-electron chi connectivity index (χ2n) is 6.16. The number of hydrogen-bond acceptors (Lipinski definition) is 2. The Labute approximate surface area is 105 Å². The fraction of sp³-hybridized carbons (Fsp3) is 0.929. The molecule has 1 aliphatic carbocycles. The van der Waals surface area contributed by atoms with E-state index in [9.17, 15) is 4.79 Å². The van der Waals surface area contributed by atoms with Crippen molar-refractivity contribution in [1.29, 1.82) is 0 Å². The molecule has 0 aromatic carbocycles. The summed E-state index contributed by atoms with van der Waals surface area (Å²) < 4.78 is 5.47. The molecule has 0 aromatic rings. The van der Waals surface area contributed by atoms with Crippen LogP contribution in [0.3, 0.4) is 0 Å². The van der Waals surface area contributed by atoms with Gasteiger partial charge in [0.2, 0.25) is 5.91 Å². The number of carbonyl (C=O) groups excluding carboxylic acids is 1. The molecule has 0 bridgehead atoms. The predicted molar refractivity (Wildman–Crippen MR) is 69.9 cm³/mol. The standard InChI is InChI=1S/C14H27NO2/c1-11(12-8-6-5-7-9-12)15-13(16)10-17-14(2,3)4/h11-12H,5-10H2,1-4H3,(H,15,16). The summed E-state index contributed by atoms with van der Waals surface area (Å²) in [4.78, 5) is 11.7. The highest BCUT2D eigenvalue weighted by Crippen LogP contribution is 2.26. The second-order valence-corrected chi connectivity index (χ2v) is 6.16. The number of nitrogens with one attached hydrogen (secondary N) is 1. The lowest BCUT2D eigenvalue weighted by Crippen LogP contribution is -2.41. The highest BCUT2D eigenvalue weighted by Gasteiger charge is 2.22. The summed E-state index contributed by atoms with van der Waals surface area (Å²) in [6.07, 6.45) is 6.47. The fourth-order valence-electron chi connectivity index (χ4n) is 2.33. The molecule has 1 fully saturated rings. The van der Waals surface area contributed by atoms with Crippen LogP contribution in [0.25, 0.3) is 0 Å². The smallest absolute Gasteiger partial charge is 0.246 e. The van der Waals surface area contributed by atoms with Crippen molar-refractivity contribution in [2.24, 2.45) is 5.92 Å². The van der Waals surface area contributed by atoms with Crippen LogP contribution in [-0.2, 0) is 9.53 Å². The number of carbonyl (C=O) groups is 1. The molecule has 0 saturated heterocycles. The Hall–Kier alpha value is -0.570. The van der Waals surface area contributed by atoms with Crippen LogP contribution in [0.1, 0.15) is 59.8 Å². The normalized spacial score (nSPS) is 20.0. The van der Waals surface area contributed by atoms with Crippen LogP contribution in [0.2, 0.25) is 0 Å². The molecule has 1 saturated carbocycles. The second kappa shape index (κ2) is 6.39. The lowest BCUT2D eigenvalue weighted by molar-refractivity contribution is -0.131. The minimum Gasteiger partial charge on any atom is -0.366 e. The average Bonchev–Trinajstić information content (AvgIpc) is 2.27. The molecule has 100 valence electrons. The van der Waals surface area contributed by atoms with Gasteiger partial charge < -0.3 is 10.1 Å². The van der Waals surface area contributed by atoms with Gasteiger partial charge in [-0.25, -0.2) is 0 Å². The monoisotopic (exact) mass is 241 g/mol. The Morgan fingerprint density at radius 3 is 2.41 bits per heavy atom. The first-order valence-corrected chi connectivity index (χ1v) is 6.82. The van der Waals surface area contributed by atoms with Gasteiger partial charge in [-0.2, -0.15) is 0 Å². The zero-order valence-corrected chi connectivity index (χ0v) is 11.7. The third-order valence-corrected chi connectivity index (χ3v) is 3.38. The first-order valence-electron chi connectivity index (χ1n) is 6.82. The Morgan fingerprint density at radius 1 is 1.29 bits per heavy atom. The minimum absolute atomic E-state index is 0.0120. The maximum atomic E-state index is 11.7. The number of ether oxygens (including phenoxy) is 1. The summed E-state index contributed by atoms with van der Waals surface area (Å²) in [5.74, 6) is 0.667. The Bertz CT molecular complexity index is 239. The van der Waals surface area contributed by atoms with Crippen molar-refractivity contribution in [2.75, 3.05) is 6.61 Å². The molecular weight excluding hydrogens is 214 g/mol. The van der Waals surface area contributed by atoms with Crippen LogP contribution in [-0.4, -0.2) is 24.2 Å². The number of amides is 1. The molecule has 3 heteroatoms. The van der Waals surface area contributed by atoms with Gasteiger partial charge in [0.05, 0.1) is 5.60 Å². The summed E-state index contributed by atoms with van der Waals surface area (Å²) in [6.45, 7) is 8.17. The third kappa shape index (κ3) is 6.06. The highest BCUT2D eigenvalue weighted by atomic mass is 16.5. The summed E-state index contributed by atoms with van der Waals surface area (Å²) in [5.41, 5.74) is -0.245. The van der Waals surface area contributed by atoms with E-state index in [0.717, 1.165) is 0 Å². The molecule has 0 spiro atoms. The van der Waals surface area contributed by atoms with E-state index in [-0.39, 0.29) is 24.2 Å². The topological polar surface area (TPSA) is 38.3 Å². The third-order valence-electron chi connectivity index (χ3n) is 3.38. The van der Waals surface area contributed by atoms with E-state index in [1.165, 1.54) is 32.1 Å². The minimum atomic E-state index is -0.245. The fourth-order valence-corrected chi connectivity index (χ4v) is 2.33. The van der Waals surface area contributed by atoms with Crippen LogP contribution >= 0.6 is 0 Å². The zero-order valence-electron chi connectivity index (χ0n) is 11.7. The van der Waals surface area contributed by atoms with Crippen molar-refractivity contribution in [3.05, 3.63) is 0 Å². The molecule has 1 amide bonds. The van der Waals surface area contributed by atoms with Crippen LogP contribution in [0, 0.1) is 5.92 Å². The van der Waals surface area contributed by atoms with Crippen molar-refractivity contribution in [3.8, 4) is 0 Å². The SMILES string of the molecule is CC(NC(=O)COC(C)(C)C)C1CCCCC1. The van der Waals surface area contributed by atoms with Gasteiger partial charge in [-0.05, 0) is 46.5 Å². The van der Waals surface area contributed by atoms with E-state index in [4.69, 9.17) is 4.74 Å². The largest absolute Gasteiger partial charge is 0.366 e. The summed E-state index contributed by atoms with van der Waals surface area (Å²) >= 11 is 0. The van der Waals surface area contributed by atoms with Gasteiger partial charge in [0.15, 0.2) is 0 Å². The first kappa shape index (κ1) is 14.5. The van der Waals surface area contributed by atoms with E-state index in [1.807, 2.05) is 20.8 Å². The molecule has 1 atom stereocenters. The van der Waals surface area contributed by atoms with Gasteiger partial charge >= 0.3 is 0 Å². The van der Waals surface area contributed by atoms with Crippen molar-refractivity contribution in [3.63, 3.8) is 0 Å². The maximum Gasteiger partial charge on any atom is 0.246 e. The van der Waals surface area contributed by atoms with Crippen molar-refractivity contribution < 1.29 is 9.53 Å². The van der Waals surface area contributed by atoms with E-state index >= 15 is 0 Å². The van der Waals surface area contributed by atoms with Gasteiger partial charge in [-0.3, -0.25) is 4.79 Å². The lowest BCUT2D eigenvalue weighted by atomic mass is 9.84. The molecule has 0 aliphatic heterocycles. The Morgan fingerprint density at radius 2 is 1.88 bits per heavy atom. The summed E-state index contributed by atoms with van der Waals surface area (Å²) in [5, 5.41) is 3.06. The van der Waals surface area contributed by atoms with Crippen LogP contribution in [0.4, 0.5) is 0 Å². The number of hydrogen-bond donors (Lipinski definition) is 1. The quantitative estimate of drug-likeness (QED) is 0.822. The molecule has 0 aromatic heterocycles. The highest BCUT2D eigenvalue weighted by molar-refractivity contribution is 5.77. The van der Waals surface area contributed by atoms with Crippen LogP contribution in [0.5, 0.6) is 0 Å².